The van der Waals surface area contributed by atoms with E-state index in [9.17, 15) is 0 Å². The zero-order valence-corrected chi connectivity index (χ0v) is 10.6. The van der Waals surface area contributed by atoms with Crippen LogP contribution in [0.5, 0.6) is 0 Å². The van der Waals surface area contributed by atoms with Crippen LogP contribution in [0.25, 0.3) is 6.08 Å². The maximum absolute atomic E-state index is 6.48. The molecule has 0 fully saturated rings. The summed E-state index contributed by atoms with van der Waals surface area (Å²) in [6.45, 7) is 0. The van der Waals surface area contributed by atoms with E-state index in [-0.39, 0.29) is 5.54 Å². The molecule has 0 radical (unpaired) electrons. The summed E-state index contributed by atoms with van der Waals surface area (Å²) in [6.07, 6.45) is 9.14. The summed E-state index contributed by atoms with van der Waals surface area (Å²) >= 11 is 0. The average molecular weight is 252 g/mol. The molecule has 1 unspecified atom stereocenters. The van der Waals surface area contributed by atoms with E-state index in [1.54, 1.807) is 12.4 Å². The van der Waals surface area contributed by atoms with Gasteiger partial charge < -0.3 is 11.5 Å². The van der Waals surface area contributed by atoms with E-state index in [0.29, 0.717) is 5.82 Å². The van der Waals surface area contributed by atoms with Gasteiger partial charge in [-0.25, -0.2) is 4.98 Å². The highest BCUT2D eigenvalue weighted by molar-refractivity contribution is 5.58. The molecule has 19 heavy (non-hydrogen) atoms. The van der Waals surface area contributed by atoms with Gasteiger partial charge in [0.1, 0.15) is 5.82 Å². The molecule has 4 N–H and O–H groups in total. The van der Waals surface area contributed by atoms with Gasteiger partial charge in [-0.3, -0.25) is 4.98 Å². The van der Waals surface area contributed by atoms with E-state index >= 15 is 0 Å². The summed E-state index contributed by atoms with van der Waals surface area (Å²) in [5.41, 5.74) is 15.1. The Kier molecular flexibility index (Phi) is 2.80. The maximum atomic E-state index is 6.48. The van der Waals surface area contributed by atoms with Crippen LogP contribution in [0.1, 0.15) is 16.8 Å². The molecule has 1 aliphatic rings. The van der Waals surface area contributed by atoms with Crippen molar-refractivity contribution in [3.8, 4) is 0 Å². The lowest BCUT2D eigenvalue weighted by Crippen LogP contribution is -2.43. The van der Waals surface area contributed by atoms with Crippen molar-refractivity contribution in [2.45, 2.75) is 18.4 Å². The van der Waals surface area contributed by atoms with Gasteiger partial charge in [-0.15, -0.1) is 0 Å². The van der Waals surface area contributed by atoms with Crippen LogP contribution >= 0.6 is 0 Å². The zero-order valence-electron chi connectivity index (χ0n) is 10.6. The average Bonchev–Trinajstić information content (AvgIpc) is 2.40. The molecule has 4 nitrogen and oxygen atoms in total. The molecule has 1 atom stereocenters. The third-order valence-corrected chi connectivity index (χ3v) is 3.41. The third-order valence-electron chi connectivity index (χ3n) is 3.41. The van der Waals surface area contributed by atoms with Gasteiger partial charge in [-0.2, -0.15) is 0 Å². The molecular weight excluding hydrogens is 236 g/mol. The molecule has 0 aromatic carbocycles. The molecule has 2 heterocycles. The first kappa shape index (κ1) is 11.9. The molecule has 4 heteroatoms. The molecule has 0 amide bonds. The summed E-state index contributed by atoms with van der Waals surface area (Å²) in [4.78, 5) is 8.34. The van der Waals surface area contributed by atoms with Gasteiger partial charge >= 0.3 is 0 Å². The second-order valence-corrected chi connectivity index (χ2v) is 5.06. The second-order valence-electron chi connectivity index (χ2n) is 5.06. The number of hydrogen-bond donors (Lipinski definition) is 2. The first-order valence-corrected chi connectivity index (χ1v) is 6.27. The van der Waals surface area contributed by atoms with Crippen LogP contribution in [0.3, 0.4) is 0 Å². The fraction of sp³-hybridized carbons (Fsp3) is 0.200. The number of fused-ring (bicyclic) bond motifs is 1. The summed E-state index contributed by atoms with van der Waals surface area (Å²) in [7, 11) is 0. The van der Waals surface area contributed by atoms with Crippen LogP contribution in [0.15, 0.2) is 42.7 Å². The Hall–Kier alpha value is -2.20. The summed E-state index contributed by atoms with van der Waals surface area (Å²) in [5, 5.41) is 0. The lowest BCUT2D eigenvalue weighted by Gasteiger charge is -2.30. The van der Waals surface area contributed by atoms with Crippen molar-refractivity contribution in [3.05, 3.63) is 59.6 Å². The van der Waals surface area contributed by atoms with Crippen molar-refractivity contribution in [2.75, 3.05) is 5.73 Å². The largest absolute Gasteiger partial charge is 0.384 e. The van der Waals surface area contributed by atoms with Crippen molar-refractivity contribution >= 4 is 11.9 Å². The smallest absolute Gasteiger partial charge is 0.124 e. The van der Waals surface area contributed by atoms with Crippen molar-refractivity contribution in [3.63, 3.8) is 0 Å². The highest BCUT2D eigenvalue weighted by Gasteiger charge is 2.27. The minimum atomic E-state index is -0.369. The normalized spacial score (nSPS) is 21.1. The van der Waals surface area contributed by atoms with Crippen molar-refractivity contribution < 1.29 is 0 Å². The highest BCUT2D eigenvalue weighted by atomic mass is 14.8. The minimum Gasteiger partial charge on any atom is -0.384 e. The Morgan fingerprint density at radius 3 is 2.74 bits per heavy atom. The molecule has 1 aliphatic carbocycles. The van der Waals surface area contributed by atoms with E-state index in [2.05, 4.69) is 9.97 Å². The van der Waals surface area contributed by atoms with Crippen molar-refractivity contribution in [1.82, 2.24) is 9.97 Å². The van der Waals surface area contributed by atoms with E-state index < -0.39 is 0 Å². The molecule has 96 valence electrons. The number of nitrogens with zero attached hydrogens (tertiary/aromatic N) is 2. The predicted octanol–water partition coefficient (Wildman–Crippen LogP) is 1.57. The number of anilines is 1. The van der Waals surface area contributed by atoms with E-state index in [1.165, 1.54) is 5.56 Å². The number of pyridine rings is 2. The molecule has 2 aromatic heterocycles. The Balaban J connectivity index is 1.87. The maximum Gasteiger partial charge on any atom is 0.124 e. The molecule has 0 spiro atoms. The second kappa shape index (κ2) is 4.48. The lowest BCUT2D eigenvalue weighted by atomic mass is 9.81. The third kappa shape index (κ3) is 2.48. The van der Waals surface area contributed by atoms with Crippen LogP contribution in [0, 0.1) is 0 Å². The Bertz CT molecular complexity index is 621. The van der Waals surface area contributed by atoms with Gasteiger partial charge in [0.05, 0.1) is 5.69 Å². The molecule has 0 aliphatic heterocycles. The fourth-order valence-corrected chi connectivity index (χ4v) is 2.47. The Labute approximate surface area is 112 Å². The molecule has 2 aromatic rings. The van der Waals surface area contributed by atoms with Crippen LogP contribution < -0.4 is 11.5 Å². The van der Waals surface area contributed by atoms with Gasteiger partial charge in [-0.05, 0) is 48.2 Å². The quantitative estimate of drug-likeness (QED) is 0.850. The number of aromatic nitrogens is 2. The van der Waals surface area contributed by atoms with Crippen LogP contribution in [-0.4, -0.2) is 15.5 Å². The van der Waals surface area contributed by atoms with Gasteiger partial charge in [0.2, 0.25) is 0 Å². The van der Waals surface area contributed by atoms with Crippen molar-refractivity contribution in [2.24, 2.45) is 5.73 Å². The van der Waals surface area contributed by atoms with Crippen LogP contribution in [0.4, 0.5) is 5.82 Å². The van der Waals surface area contributed by atoms with Crippen molar-refractivity contribution in [1.29, 1.82) is 0 Å². The fourth-order valence-electron chi connectivity index (χ4n) is 2.47. The number of nitrogens with two attached hydrogens (primary N) is 2. The van der Waals surface area contributed by atoms with E-state index in [1.807, 2.05) is 36.4 Å². The van der Waals surface area contributed by atoms with Gasteiger partial charge in [-0.1, -0.05) is 12.1 Å². The predicted molar refractivity (Wildman–Crippen MR) is 76.2 cm³/mol. The van der Waals surface area contributed by atoms with Gasteiger partial charge in [0.15, 0.2) is 0 Å². The molecule has 3 rings (SSSR count). The number of hydrogen-bond acceptors (Lipinski definition) is 4. The summed E-state index contributed by atoms with van der Waals surface area (Å²) < 4.78 is 0. The monoisotopic (exact) mass is 252 g/mol. The first-order valence-electron chi connectivity index (χ1n) is 6.27. The Morgan fingerprint density at radius 1 is 1.16 bits per heavy atom. The Morgan fingerprint density at radius 2 is 1.95 bits per heavy atom. The molecular formula is C15H16N4. The summed E-state index contributed by atoms with van der Waals surface area (Å²) in [5.74, 6) is 0.544. The van der Waals surface area contributed by atoms with E-state index in [4.69, 9.17) is 11.5 Å². The number of nitrogen functional groups attached to an aromatic ring is 1. The molecule has 0 saturated carbocycles. The minimum absolute atomic E-state index is 0.369. The standard InChI is InChI=1S/C15H16N4/c16-14-2-1-12-10-15(17,6-3-13(12)19-14)9-11-4-7-18-8-5-11/h1-8H,9-10,17H2,(H2,16,19). The zero-order chi connectivity index (χ0) is 13.3. The molecule has 0 saturated heterocycles. The van der Waals surface area contributed by atoms with Gasteiger partial charge in [0, 0.05) is 17.9 Å². The highest BCUT2D eigenvalue weighted by Crippen LogP contribution is 2.26. The van der Waals surface area contributed by atoms with Crippen LogP contribution in [0.2, 0.25) is 0 Å². The van der Waals surface area contributed by atoms with Gasteiger partial charge in [0.25, 0.3) is 0 Å². The van der Waals surface area contributed by atoms with Crippen LogP contribution in [-0.2, 0) is 12.8 Å². The van der Waals surface area contributed by atoms with E-state index in [0.717, 1.165) is 24.1 Å². The number of rotatable bonds is 2. The molecule has 0 bridgehead atoms. The SMILES string of the molecule is Nc1ccc2c(n1)C=CC(N)(Cc1ccncc1)C2. The first-order chi connectivity index (χ1) is 9.15. The topological polar surface area (TPSA) is 77.8 Å². The lowest BCUT2D eigenvalue weighted by molar-refractivity contribution is 0.517. The summed E-state index contributed by atoms with van der Waals surface area (Å²) in [6, 6.07) is 7.83.